The van der Waals surface area contributed by atoms with Crippen molar-refractivity contribution in [3.8, 4) is 12.3 Å². The fourth-order valence-corrected chi connectivity index (χ4v) is 2.11. The monoisotopic (exact) mass is 164 g/mol. The van der Waals surface area contributed by atoms with Crippen LogP contribution in [0.4, 0.5) is 0 Å². The molecule has 1 aliphatic rings. The molecule has 0 amide bonds. The van der Waals surface area contributed by atoms with Gasteiger partial charge in [-0.15, -0.1) is 12.3 Å². The van der Waals surface area contributed by atoms with E-state index in [-0.39, 0.29) is 0 Å². The Morgan fingerprint density at radius 2 is 1.92 bits per heavy atom. The van der Waals surface area contributed by atoms with Gasteiger partial charge in [-0.2, -0.15) is 0 Å². The first-order valence-corrected chi connectivity index (χ1v) is 5.33. The van der Waals surface area contributed by atoms with E-state index < -0.39 is 0 Å². The molecule has 0 heterocycles. The van der Waals surface area contributed by atoms with E-state index in [2.05, 4.69) is 12.8 Å². The molecule has 0 aliphatic heterocycles. The van der Waals surface area contributed by atoms with E-state index in [1.165, 1.54) is 44.9 Å². The second kappa shape index (κ2) is 5.25. The highest BCUT2D eigenvalue weighted by Gasteiger charge is 2.18. The van der Waals surface area contributed by atoms with Gasteiger partial charge in [0.2, 0.25) is 0 Å². The van der Waals surface area contributed by atoms with Crippen LogP contribution in [-0.2, 0) is 0 Å². The predicted octanol–water partition coefficient (Wildman–Crippen LogP) is 3.62. The average molecular weight is 164 g/mol. The molecular weight excluding hydrogens is 144 g/mol. The zero-order valence-electron chi connectivity index (χ0n) is 8.18. The number of unbranched alkanes of at least 4 members (excludes halogenated alkanes) is 1. The average Bonchev–Trinajstić information content (AvgIpc) is 2.15. The third-order valence-corrected chi connectivity index (χ3v) is 3.05. The summed E-state index contributed by atoms with van der Waals surface area (Å²) in [6, 6.07) is 0. The minimum Gasteiger partial charge on any atom is -0.120 e. The van der Waals surface area contributed by atoms with Crippen molar-refractivity contribution in [3.63, 3.8) is 0 Å². The molecule has 0 spiro atoms. The molecule has 0 radical (unpaired) electrons. The molecule has 0 nitrogen and oxygen atoms in total. The Morgan fingerprint density at radius 3 is 2.42 bits per heavy atom. The molecule has 0 unspecified atom stereocenters. The lowest BCUT2D eigenvalue weighted by atomic mass is 9.80. The Balaban J connectivity index is 2.14. The Kier molecular flexibility index (Phi) is 4.22. The van der Waals surface area contributed by atoms with Crippen molar-refractivity contribution in [2.75, 3.05) is 0 Å². The summed E-state index contributed by atoms with van der Waals surface area (Å²) in [5.41, 5.74) is 0. The van der Waals surface area contributed by atoms with Crippen LogP contribution in [0.2, 0.25) is 0 Å². The molecular formula is C12H20. The quantitative estimate of drug-likeness (QED) is 0.559. The molecule has 0 N–H and O–H groups in total. The minimum atomic E-state index is 0.600. The van der Waals surface area contributed by atoms with E-state index in [9.17, 15) is 0 Å². The van der Waals surface area contributed by atoms with Gasteiger partial charge in [-0.05, 0) is 31.6 Å². The number of hydrogen-bond acceptors (Lipinski definition) is 0. The molecule has 0 heteroatoms. The van der Waals surface area contributed by atoms with E-state index in [1.54, 1.807) is 0 Å². The third kappa shape index (κ3) is 2.89. The number of hydrogen-bond donors (Lipinski definition) is 0. The molecule has 0 atom stereocenters. The third-order valence-electron chi connectivity index (χ3n) is 3.05. The summed E-state index contributed by atoms with van der Waals surface area (Å²) in [5.74, 6) is 4.48. The molecule has 12 heavy (non-hydrogen) atoms. The largest absolute Gasteiger partial charge is 0.120 e. The van der Waals surface area contributed by atoms with Crippen molar-refractivity contribution in [2.45, 2.75) is 51.9 Å². The molecule has 0 aromatic carbocycles. The molecule has 1 fully saturated rings. The first-order valence-electron chi connectivity index (χ1n) is 5.33. The van der Waals surface area contributed by atoms with Gasteiger partial charge < -0.3 is 0 Å². The van der Waals surface area contributed by atoms with Crippen molar-refractivity contribution < 1.29 is 0 Å². The summed E-state index contributed by atoms with van der Waals surface area (Å²) in [4.78, 5) is 0. The van der Waals surface area contributed by atoms with Crippen molar-refractivity contribution in [1.29, 1.82) is 0 Å². The highest BCUT2D eigenvalue weighted by atomic mass is 14.2. The maximum atomic E-state index is 5.40. The van der Waals surface area contributed by atoms with Crippen LogP contribution in [0.15, 0.2) is 0 Å². The van der Waals surface area contributed by atoms with E-state index in [1.807, 2.05) is 0 Å². The van der Waals surface area contributed by atoms with Gasteiger partial charge in [0.15, 0.2) is 0 Å². The standard InChI is InChI=1S/C12H20/c1-3-5-6-12-9-7-11(4-2)8-10-12/h2,11-12H,3,5-10H2,1H3/t11-,12-. The Hall–Kier alpha value is -0.440. The topological polar surface area (TPSA) is 0 Å². The van der Waals surface area contributed by atoms with E-state index in [4.69, 9.17) is 6.42 Å². The van der Waals surface area contributed by atoms with E-state index >= 15 is 0 Å². The molecule has 1 aliphatic carbocycles. The van der Waals surface area contributed by atoms with Crippen molar-refractivity contribution in [2.24, 2.45) is 11.8 Å². The predicted molar refractivity (Wildman–Crippen MR) is 53.8 cm³/mol. The smallest absolute Gasteiger partial charge is 0.0200 e. The van der Waals surface area contributed by atoms with Crippen LogP contribution in [0.5, 0.6) is 0 Å². The van der Waals surface area contributed by atoms with Gasteiger partial charge in [-0.1, -0.05) is 26.2 Å². The van der Waals surface area contributed by atoms with Crippen LogP contribution in [0.25, 0.3) is 0 Å². The van der Waals surface area contributed by atoms with Crippen LogP contribution >= 0.6 is 0 Å². The van der Waals surface area contributed by atoms with Crippen LogP contribution < -0.4 is 0 Å². The van der Waals surface area contributed by atoms with Gasteiger partial charge in [0.25, 0.3) is 0 Å². The zero-order valence-corrected chi connectivity index (χ0v) is 8.18. The van der Waals surface area contributed by atoms with E-state index in [0.717, 1.165) is 5.92 Å². The summed E-state index contributed by atoms with van der Waals surface area (Å²) >= 11 is 0. The molecule has 1 rings (SSSR count). The fourth-order valence-electron chi connectivity index (χ4n) is 2.11. The highest BCUT2D eigenvalue weighted by Crippen LogP contribution is 2.31. The van der Waals surface area contributed by atoms with E-state index in [0.29, 0.717) is 5.92 Å². The Labute approximate surface area is 76.7 Å². The van der Waals surface area contributed by atoms with Gasteiger partial charge in [0.1, 0.15) is 0 Å². The minimum absolute atomic E-state index is 0.600. The van der Waals surface area contributed by atoms with Crippen LogP contribution in [0, 0.1) is 24.2 Å². The van der Waals surface area contributed by atoms with Crippen molar-refractivity contribution >= 4 is 0 Å². The van der Waals surface area contributed by atoms with Crippen molar-refractivity contribution in [3.05, 3.63) is 0 Å². The first-order chi connectivity index (χ1) is 5.86. The van der Waals surface area contributed by atoms with Gasteiger partial charge in [0, 0.05) is 5.92 Å². The van der Waals surface area contributed by atoms with Gasteiger partial charge >= 0.3 is 0 Å². The van der Waals surface area contributed by atoms with Crippen LogP contribution in [0.3, 0.4) is 0 Å². The highest BCUT2D eigenvalue weighted by molar-refractivity contribution is 4.95. The lowest BCUT2D eigenvalue weighted by molar-refractivity contribution is 0.296. The fraction of sp³-hybridized carbons (Fsp3) is 0.833. The maximum absolute atomic E-state index is 5.40. The second-order valence-electron chi connectivity index (χ2n) is 4.03. The number of terminal acetylenes is 1. The summed E-state index contributed by atoms with van der Waals surface area (Å²) in [7, 11) is 0. The van der Waals surface area contributed by atoms with Gasteiger partial charge in [0.05, 0.1) is 0 Å². The normalized spacial score (nSPS) is 29.7. The van der Waals surface area contributed by atoms with Crippen molar-refractivity contribution in [1.82, 2.24) is 0 Å². The lowest BCUT2D eigenvalue weighted by Gasteiger charge is -2.25. The zero-order chi connectivity index (χ0) is 8.81. The molecule has 0 bridgehead atoms. The summed E-state index contributed by atoms with van der Waals surface area (Å²) < 4.78 is 0. The Bertz CT molecular complexity index is 144. The molecule has 0 aromatic rings. The summed E-state index contributed by atoms with van der Waals surface area (Å²) in [5, 5.41) is 0. The molecule has 0 aromatic heterocycles. The molecule has 0 saturated heterocycles. The van der Waals surface area contributed by atoms with Gasteiger partial charge in [-0.3, -0.25) is 0 Å². The number of rotatable bonds is 3. The summed E-state index contributed by atoms with van der Waals surface area (Å²) in [6.45, 7) is 2.27. The molecule has 68 valence electrons. The lowest BCUT2D eigenvalue weighted by Crippen LogP contribution is -2.12. The molecule has 1 saturated carbocycles. The van der Waals surface area contributed by atoms with Crippen LogP contribution in [-0.4, -0.2) is 0 Å². The Morgan fingerprint density at radius 1 is 1.25 bits per heavy atom. The maximum Gasteiger partial charge on any atom is 0.0200 e. The SMILES string of the molecule is C#C[C@H]1CC[C@H](CCCC)CC1. The second-order valence-corrected chi connectivity index (χ2v) is 4.03. The first kappa shape index (κ1) is 9.65. The summed E-state index contributed by atoms with van der Waals surface area (Å²) in [6.07, 6.45) is 14.9. The van der Waals surface area contributed by atoms with Gasteiger partial charge in [-0.25, -0.2) is 0 Å². The van der Waals surface area contributed by atoms with Crippen LogP contribution in [0.1, 0.15) is 51.9 Å².